The Morgan fingerprint density at radius 3 is 2.73 bits per heavy atom. The first-order chi connectivity index (χ1) is 7.35. The number of hydrogen-bond acceptors (Lipinski definition) is 5. The van der Waals surface area contributed by atoms with E-state index in [0.29, 0.717) is 30.8 Å². The third-order valence-corrected chi connectivity index (χ3v) is 2.05. The van der Waals surface area contributed by atoms with Gasteiger partial charge in [0.1, 0.15) is 6.61 Å². The first kappa shape index (κ1) is 9.76. The maximum absolute atomic E-state index is 5.34. The van der Waals surface area contributed by atoms with E-state index in [1.165, 1.54) is 0 Å². The van der Waals surface area contributed by atoms with Gasteiger partial charge in [0.25, 0.3) is 0 Å². The lowest BCUT2D eigenvalue weighted by Gasteiger charge is -2.08. The zero-order chi connectivity index (χ0) is 10.7. The van der Waals surface area contributed by atoms with E-state index < -0.39 is 0 Å². The van der Waals surface area contributed by atoms with Gasteiger partial charge in [0.05, 0.1) is 26.3 Å². The third kappa shape index (κ3) is 1.86. The van der Waals surface area contributed by atoms with Crippen LogP contribution in [0.5, 0.6) is 11.8 Å². The van der Waals surface area contributed by atoms with Gasteiger partial charge in [-0.05, 0) is 6.07 Å². The summed E-state index contributed by atoms with van der Waals surface area (Å²) in [5.41, 5.74) is 0.760. The van der Waals surface area contributed by atoms with E-state index >= 15 is 0 Å². The SMILES string of the molecule is COc1ccc(C2=NCCO2)c(OC)n1. The Hall–Kier alpha value is -1.78. The Labute approximate surface area is 87.7 Å². The minimum absolute atomic E-state index is 0.468. The minimum Gasteiger partial charge on any atom is -0.481 e. The van der Waals surface area contributed by atoms with Crippen LogP contribution in [0.3, 0.4) is 0 Å². The molecule has 0 spiro atoms. The molecule has 0 bridgehead atoms. The average molecular weight is 208 g/mol. The largest absolute Gasteiger partial charge is 0.481 e. The molecule has 0 amide bonds. The summed E-state index contributed by atoms with van der Waals surface area (Å²) in [6, 6.07) is 3.58. The second kappa shape index (κ2) is 4.16. The number of rotatable bonds is 3. The molecular weight excluding hydrogens is 196 g/mol. The van der Waals surface area contributed by atoms with Crippen LogP contribution >= 0.6 is 0 Å². The van der Waals surface area contributed by atoms with Crippen LogP contribution < -0.4 is 9.47 Å². The van der Waals surface area contributed by atoms with Crippen molar-refractivity contribution in [2.24, 2.45) is 4.99 Å². The Balaban J connectivity index is 2.38. The fraction of sp³-hybridized carbons (Fsp3) is 0.400. The molecule has 5 heteroatoms. The summed E-state index contributed by atoms with van der Waals surface area (Å²) in [7, 11) is 3.12. The van der Waals surface area contributed by atoms with Crippen molar-refractivity contribution in [2.45, 2.75) is 0 Å². The maximum atomic E-state index is 5.34. The van der Waals surface area contributed by atoms with Gasteiger partial charge in [0, 0.05) is 6.07 Å². The number of aliphatic imine (C=N–C) groups is 1. The molecule has 0 atom stereocenters. The number of hydrogen-bond donors (Lipinski definition) is 0. The molecule has 0 saturated carbocycles. The van der Waals surface area contributed by atoms with Crippen molar-refractivity contribution < 1.29 is 14.2 Å². The highest BCUT2D eigenvalue weighted by Gasteiger charge is 2.17. The van der Waals surface area contributed by atoms with Crippen molar-refractivity contribution in [2.75, 3.05) is 27.4 Å². The smallest absolute Gasteiger partial charge is 0.229 e. The lowest BCUT2D eigenvalue weighted by molar-refractivity contribution is 0.340. The molecule has 2 rings (SSSR count). The van der Waals surface area contributed by atoms with Crippen molar-refractivity contribution in [3.8, 4) is 11.8 Å². The molecule has 0 fully saturated rings. The Kier molecular flexibility index (Phi) is 2.71. The summed E-state index contributed by atoms with van der Waals surface area (Å²) in [5.74, 6) is 1.56. The predicted octanol–water partition coefficient (Wildman–Crippen LogP) is 0.876. The number of pyridine rings is 1. The third-order valence-electron chi connectivity index (χ3n) is 2.05. The van der Waals surface area contributed by atoms with Gasteiger partial charge in [-0.3, -0.25) is 0 Å². The standard InChI is InChI=1S/C10H12N2O3/c1-13-8-4-3-7(10(12-8)14-2)9-11-5-6-15-9/h3-4H,5-6H2,1-2H3. The quantitative estimate of drug-likeness (QED) is 0.739. The van der Waals surface area contributed by atoms with Gasteiger partial charge in [0.2, 0.25) is 17.7 Å². The molecule has 1 aromatic rings. The van der Waals surface area contributed by atoms with Crippen LogP contribution in [0.15, 0.2) is 17.1 Å². The highest BCUT2D eigenvalue weighted by molar-refractivity contribution is 5.97. The number of methoxy groups -OCH3 is 2. The van der Waals surface area contributed by atoms with Gasteiger partial charge in [-0.1, -0.05) is 0 Å². The van der Waals surface area contributed by atoms with E-state index in [9.17, 15) is 0 Å². The molecule has 2 heterocycles. The fourth-order valence-electron chi connectivity index (χ4n) is 1.35. The second-order valence-electron chi connectivity index (χ2n) is 2.95. The molecular formula is C10H12N2O3. The van der Waals surface area contributed by atoms with Gasteiger partial charge < -0.3 is 14.2 Å². The van der Waals surface area contributed by atoms with Gasteiger partial charge in [-0.25, -0.2) is 4.99 Å². The van der Waals surface area contributed by atoms with Crippen LogP contribution in [-0.4, -0.2) is 38.3 Å². The van der Waals surface area contributed by atoms with Gasteiger partial charge in [0.15, 0.2) is 0 Å². The van der Waals surface area contributed by atoms with Crippen LogP contribution in [0, 0.1) is 0 Å². The van der Waals surface area contributed by atoms with Crippen LogP contribution in [0.25, 0.3) is 0 Å². The minimum atomic E-state index is 0.468. The lowest BCUT2D eigenvalue weighted by atomic mass is 10.2. The summed E-state index contributed by atoms with van der Waals surface area (Å²) in [6.45, 7) is 1.30. The van der Waals surface area contributed by atoms with Crippen molar-refractivity contribution in [1.29, 1.82) is 0 Å². The van der Waals surface area contributed by atoms with Gasteiger partial charge in [-0.2, -0.15) is 4.98 Å². The second-order valence-corrected chi connectivity index (χ2v) is 2.95. The first-order valence-electron chi connectivity index (χ1n) is 4.62. The summed E-state index contributed by atoms with van der Waals surface area (Å²) >= 11 is 0. The van der Waals surface area contributed by atoms with Crippen LogP contribution in [0.1, 0.15) is 5.56 Å². The number of aromatic nitrogens is 1. The Morgan fingerprint density at radius 2 is 2.13 bits per heavy atom. The molecule has 0 saturated heterocycles. The topological polar surface area (TPSA) is 52.9 Å². The van der Waals surface area contributed by atoms with E-state index in [-0.39, 0.29) is 0 Å². The molecule has 0 radical (unpaired) electrons. The molecule has 0 aliphatic carbocycles. The maximum Gasteiger partial charge on any atom is 0.229 e. The zero-order valence-corrected chi connectivity index (χ0v) is 8.69. The highest BCUT2D eigenvalue weighted by Crippen LogP contribution is 2.22. The summed E-state index contributed by atoms with van der Waals surface area (Å²) in [4.78, 5) is 8.35. The van der Waals surface area contributed by atoms with Crippen molar-refractivity contribution in [3.05, 3.63) is 17.7 Å². The van der Waals surface area contributed by atoms with Crippen LogP contribution in [0.2, 0.25) is 0 Å². The molecule has 1 aromatic heterocycles. The monoisotopic (exact) mass is 208 g/mol. The molecule has 80 valence electrons. The summed E-state index contributed by atoms with van der Waals surface area (Å²) < 4.78 is 15.5. The molecule has 1 aliphatic rings. The molecule has 1 aliphatic heterocycles. The zero-order valence-electron chi connectivity index (χ0n) is 8.69. The number of nitrogens with zero attached hydrogens (tertiary/aromatic N) is 2. The molecule has 0 aromatic carbocycles. The molecule has 0 N–H and O–H groups in total. The first-order valence-corrected chi connectivity index (χ1v) is 4.62. The van der Waals surface area contributed by atoms with Gasteiger partial charge >= 0.3 is 0 Å². The average Bonchev–Trinajstić information content (AvgIpc) is 2.81. The summed E-state index contributed by atoms with van der Waals surface area (Å²) in [6.07, 6.45) is 0. The number of ether oxygens (including phenoxy) is 3. The molecule has 0 unspecified atom stereocenters. The Morgan fingerprint density at radius 1 is 1.27 bits per heavy atom. The highest BCUT2D eigenvalue weighted by atomic mass is 16.5. The van der Waals surface area contributed by atoms with Crippen LogP contribution in [0.4, 0.5) is 0 Å². The molecule has 5 nitrogen and oxygen atoms in total. The van der Waals surface area contributed by atoms with E-state index in [2.05, 4.69) is 9.98 Å². The van der Waals surface area contributed by atoms with E-state index in [1.54, 1.807) is 20.3 Å². The lowest BCUT2D eigenvalue weighted by Crippen LogP contribution is -2.05. The Bertz CT molecular complexity index is 390. The van der Waals surface area contributed by atoms with Gasteiger partial charge in [-0.15, -0.1) is 0 Å². The normalized spacial score (nSPS) is 14.4. The van der Waals surface area contributed by atoms with Crippen molar-refractivity contribution in [3.63, 3.8) is 0 Å². The van der Waals surface area contributed by atoms with Crippen molar-refractivity contribution >= 4 is 5.90 Å². The van der Waals surface area contributed by atoms with E-state index in [0.717, 1.165) is 5.56 Å². The van der Waals surface area contributed by atoms with E-state index in [4.69, 9.17) is 14.2 Å². The van der Waals surface area contributed by atoms with Crippen molar-refractivity contribution in [1.82, 2.24) is 4.98 Å². The van der Waals surface area contributed by atoms with Crippen LogP contribution in [-0.2, 0) is 4.74 Å². The predicted molar refractivity (Wildman–Crippen MR) is 54.7 cm³/mol. The molecule has 15 heavy (non-hydrogen) atoms. The summed E-state index contributed by atoms with van der Waals surface area (Å²) in [5, 5.41) is 0. The fourth-order valence-corrected chi connectivity index (χ4v) is 1.35. The van der Waals surface area contributed by atoms with E-state index in [1.807, 2.05) is 6.07 Å².